The van der Waals surface area contributed by atoms with Crippen LogP contribution >= 0.6 is 11.8 Å². The third-order valence-electron chi connectivity index (χ3n) is 3.48. The SMILES string of the molecule is C=C1SC=CN1/C(=C(\N)c1ccc(F)cc1)c1ccnc(OCC)n1. The molecule has 1 aromatic heterocycles. The van der Waals surface area contributed by atoms with Gasteiger partial charge in [0, 0.05) is 12.4 Å². The molecule has 1 aromatic carbocycles. The number of nitrogens with zero attached hydrogens (tertiary/aromatic N) is 3. The molecule has 0 atom stereocenters. The van der Waals surface area contributed by atoms with Gasteiger partial charge in [0.2, 0.25) is 0 Å². The molecule has 1 aliphatic heterocycles. The Morgan fingerprint density at radius 2 is 2.08 bits per heavy atom. The molecule has 0 saturated carbocycles. The maximum atomic E-state index is 13.2. The van der Waals surface area contributed by atoms with E-state index in [1.807, 2.05) is 23.4 Å². The van der Waals surface area contributed by atoms with Gasteiger partial charge in [0.1, 0.15) is 5.82 Å². The highest BCUT2D eigenvalue weighted by Gasteiger charge is 2.22. The summed E-state index contributed by atoms with van der Waals surface area (Å²) in [5.41, 5.74) is 8.79. The first kappa shape index (κ1) is 17.0. The van der Waals surface area contributed by atoms with Crippen molar-refractivity contribution in [1.82, 2.24) is 14.9 Å². The van der Waals surface area contributed by atoms with E-state index < -0.39 is 0 Å². The first-order valence-electron chi connectivity index (χ1n) is 7.63. The Bertz CT molecular complexity index is 848. The maximum absolute atomic E-state index is 13.2. The van der Waals surface area contributed by atoms with Crippen LogP contribution in [0.25, 0.3) is 11.4 Å². The number of benzene rings is 1. The van der Waals surface area contributed by atoms with Gasteiger partial charge in [0.25, 0.3) is 0 Å². The molecule has 0 unspecified atom stereocenters. The third kappa shape index (κ3) is 3.66. The normalized spacial score (nSPS) is 14.6. The summed E-state index contributed by atoms with van der Waals surface area (Å²) in [5.74, 6) is -0.320. The van der Waals surface area contributed by atoms with Gasteiger partial charge in [0.15, 0.2) is 0 Å². The molecule has 25 heavy (non-hydrogen) atoms. The summed E-state index contributed by atoms with van der Waals surface area (Å²) in [6, 6.07) is 8.02. The number of ether oxygens (including phenoxy) is 1. The summed E-state index contributed by atoms with van der Waals surface area (Å²) in [7, 11) is 0. The molecule has 2 N–H and O–H groups in total. The van der Waals surface area contributed by atoms with E-state index in [2.05, 4.69) is 16.5 Å². The summed E-state index contributed by atoms with van der Waals surface area (Å²) in [4.78, 5) is 10.4. The Balaban J connectivity index is 2.14. The Kier molecular flexibility index (Phi) is 5.04. The Hall–Kier alpha value is -2.80. The molecule has 2 aromatic rings. The van der Waals surface area contributed by atoms with Crippen LogP contribution in [0.2, 0.25) is 0 Å². The third-order valence-corrected chi connectivity index (χ3v) is 4.21. The molecule has 0 radical (unpaired) electrons. The van der Waals surface area contributed by atoms with Crippen molar-refractivity contribution in [2.45, 2.75) is 6.92 Å². The number of thioether (sulfide) groups is 1. The molecule has 3 rings (SSSR count). The predicted octanol–water partition coefficient (Wildman–Crippen LogP) is 3.79. The van der Waals surface area contributed by atoms with Gasteiger partial charge in [-0.05, 0) is 48.2 Å². The highest BCUT2D eigenvalue weighted by Crippen LogP contribution is 2.37. The maximum Gasteiger partial charge on any atom is 0.316 e. The number of hydrogen-bond donors (Lipinski definition) is 1. The molecule has 5 nitrogen and oxygen atoms in total. The molecule has 7 heteroatoms. The van der Waals surface area contributed by atoms with E-state index in [0.717, 1.165) is 5.03 Å². The van der Waals surface area contributed by atoms with Crippen LogP contribution in [-0.2, 0) is 0 Å². The zero-order valence-electron chi connectivity index (χ0n) is 13.6. The highest BCUT2D eigenvalue weighted by atomic mass is 32.2. The van der Waals surface area contributed by atoms with Gasteiger partial charge in [0.05, 0.1) is 28.7 Å². The van der Waals surface area contributed by atoms with E-state index in [4.69, 9.17) is 10.5 Å². The minimum atomic E-state index is -0.320. The molecule has 0 fully saturated rings. The van der Waals surface area contributed by atoms with E-state index in [1.54, 1.807) is 24.4 Å². The fourth-order valence-corrected chi connectivity index (χ4v) is 2.94. The summed E-state index contributed by atoms with van der Waals surface area (Å²) in [6.45, 7) is 6.36. The standard InChI is InChI=1S/C18H17FN4OS/c1-3-24-18-21-9-8-15(22-18)17(23-10-11-25-12(23)2)16(20)13-4-6-14(19)7-5-13/h4-11H,2-3,20H2,1H3/b17-16-. The lowest BCUT2D eigenvalue weighted by atomic mass is 10.1. The lowest BCUT2D eigenvalue weighted by molar-refractivity contribution is 0.312. The van der Waals surface area contributed by atoms with Crippen molar-refractivity contribution in [2.75, 3.05) is 6.61 Å². The molecular weight excluding hydrogens is 339 g/mol. The van der Waals surface area contributed by atoms with Crippen molar-refractivity contribution in [3.8, 4) is 6.01 Å². The molecule has 0 bridgehead atoms. The Labute approximate surface area is 149 Å². The molecule has 1 aliphatic rings. The number of hydrogen-bond acceptors (Lipinski definition) is 6. The van der Waals surface area contributed by atoms with Gasteiger partial charge >= 0.3 is 6.01 Å². The zero-order chi connectivity index (χ0) is 17.8. The second-order valence-electron chi connectivity index (χ2n) is 5.09. The lowest BCUT2D eigenvalue weighted by Gasteiger charge is -2.22. The fraction of sp³-hybridized carbons (Fsp3) is 0.111. The van der Waals surface area contributed by atoms with Crippen molar-refractivity contribution in [3.63, 3.8) is 0 Å². The molecule has 2 heterocycles. The van der Waals surface area contributed by atoms with E-state index in [-0.39, 0.29) is 11.8 Å². The largest absolute Gasteiger partial charge is 0.464 e. The van der Waals surface area contributed by atoms with Gasteiger partial charge < -0.3 is 15.4 Å². The second kappa shape index (κ2) is 7.40. The van der Waals surface area contributed by atoms with Crippen LogP contribution in [-0.4, -0.2) is 21.5 Å². The monoisotopic (exact) mass is 356 g/mol. The van der Waals surface area contributed by atoms with Crippen molar-refractivity contribution >= 4 is 23.2 Å². The lowest BCUT2D eigenvalue weighted by Crippen LogP contribution is -2.16. The zero-order valence-corrected chi connectivity index (χ0v) is 14.5. The minimum Gasteiger partial charge on any atom is -0.464 e. The van der Waals surface area contributed by atoms with Crippen LogP contribution in [0.4, 0.5) is 4.39 Å². The summed E-state index contributed by atoms with van der Waals surface area (Å²) < 4.78 is 18.6. The number of nitrogens with two attached hydrogens (primary N) is 1. The number of rotatable bonds is 5. The first-order valence-corrected chi connectivity index (χ1v) is 8.51. The summed E-state index contributed by atoms with van der Waals surface area (Å²) in [6.07, 6.45) is 3.47. The van der Waals surface area contributed by atoms with Crippen LogP contribution in [0.3, 0.4) is 0 Å². The van der Waals surface area contributed by atoms with Gasteiger partial charge in [-0.1, -0.05) is 18.3 Å². The van der Waals surface area contributed by atoms with Crippen molar-refractivity contribution < 1.29 is 9.13 Å². The van der Waals surface area contributed by atoms with Crippen molar-refractivity contribution in [2.24, 2.45) is 5.73 Å². The molecule has 0 aliphatic carbocycles. The van der Waals surface area contributed by atoms with Gasteiger partial charge in [-0.25, -0.2) is 9.37 Å². The van der Waals surface area contributed by atoms with Gasteiger partial charge in [-0.15, -0.1) is 0 Å². The van der Waals surface area contributed by atoms with Crippen LogP contribution in [0.15, 0.2) is 59.7 Å². The van der Waals surface area contributed by atoms with Crippen LogP contribution in [0.5, 0.6) is 6.01 Å². The molecule has 0 amide bonds. The molecule has 0 spiro atoms. The number of aromatic nitrogens is 2. The van der Waals surface area contributed by atoms with Crippen molar-refractivity contribution in [3.05, 3.63) is 76.8 Å². The minimum absolute atomic E-state index is 0.269. The van der Waals surface area contributed by atoms with Gasteiger partial charge in [-0.2, -0.15) is 4.98 Å². The van der Waals surface area contributed by atoms with E-state index in [1.165, 1.54) is 23.9 Å². The fourth-order valence-electron chi connectivity index (χ4n) is 2.34. The predicted molar refractivity (Wildman–Crippen MR) is 98.3 cm³/mol. The summed E-state index contributed by atoms with van der Waals surface area (Å²) >= 11 is 1.48. The van der Waals surface area contributed by atoms with Crippen molar-refractivity contribution in [1.29, 1.82) is 0 Å². The van der Waals surface area contributed by atoms with E-state index in [9.17, 15) is 4.39 Å². The quantitative estimate of drug-likeness (QED) is 0.879. The van der Waals surface area contributed by atoms with Crippen LogP contribution < -0.4 is 10.5 Å². The second-order valence-corrected chi connectivity index (χ2v) is 6.07. The molecule has 0 saturated heterocycles. The Morgan fingerprint density at radius 1 is 1.32 bits per heavy atom. The molecular formula is C18H17FN4OS. The Morgan fingerprint density at radius 3 is 2.72 bits per heavy atom. The highest BCUT2D eigenvalue weighted by molar-refractivity contribution is 8.06. The first-order chi connectivity index (χ1) is 12.1. The number of halogens is 1. The average molecular weight is 356 g/mol. The van der Waals surface area contributed by atoms with Crippen LogP contribution in [0.1, 0.15) is 18.2 Å². The topological polar surface area (TPSA) is 64.3 Å². The average Bonchev–Trinajstić information content (AvgIpc) is 3.02. The summed E-state index contributed by atoms with van der Waals surface area (Å²) in [5, 5.41) is 2.70. The van der Waals surface area contributed by atoms with Gasteiger partial charge in [-0.3, -0.25) is 0 Å². The molecule has 128 valence electrons. The van der Waals surface area contributed by atoms with E-state index >= 15 is 0 Å². The van der Waals surface area contributed by atoms with Crippen LogP contribution in [0, 0.1) is 5.82 Å². The van der Waals surface area contributed by atoms with E-state index in [0.29, 0.717) is 29.3 Å². The smallest absolute Gasteiger partial charge is 0.316 e.